The van der Waals surface area contributed by atoms with Gasteiger partial charge >= 0.3 is 6.36 Å². The number of hydrogen-bond acceptors (Lipinski definition) is 7. The lowest BCUT2D eigenvalue weighted by Gasteiger charge is -2.35. The number of benzene rings is 1. The minimum atomic E-state index is -4.77. The van der Waals surface area contributed by atoms with Gasteiger partial charge in [0.2, 0.25) is 5.91 Å². The van der Waals surface area contributed by atoms with E-state index < -0.39 is 6.36 Å². The second-order valence-corrected chi connectivity index (χ2v) is 10.4. The summed E-state index contributed by atoms with van der Waals surface area (Å²) in [7, 11) is 0. The molecule has 0 radical (unpaired) electrons. The van der Waals surface area contributed by atoms with Crippen LogP contribution in [0, 0.1) is 12.8 Å². The molecule has 4 heterocycles. The van der Waals surface area contributed by atoms with E-state index in [1.807, 2.05) is 11.8 Å². The average Bonchev–Trinajstić information content (AvgIpc) is 3.29. The van der Waals surface area contributed by atoms with E-state index in [-0.39, 0.29) is 23.5 Å². The Kier molecular flexibility index (Phi) is 7.42. The molecule has 1 N–H and O–H groups in total. The van der Waals surface area contributed by atoms with Crippen molar-refractivity contribution in [2.75, 3.05) is 36.4 Å². The van der Waals surface area contributed by atoms with E-state index in [0.29, 0.717) is 37.2 Å². The van der Waals surface area contributed by atoms with Gasteiger partial charge in [0.05, 0.1) is 22.3 Å². The normalized spacial score (nSPS) is 17.1. The first-order valence-corrected chi connectivity index (χ1v) is 13.4. The number of carbonyl (C=O) groups excluding carboxylic acids is 2. The van der Waals surface area contributed by atoms with Gasteiger partial charge in [0, 0.05) is 44.0 Å². The zero-order valence-electron chi connectivity index (χ0n) is 20.9. The number of nitrogens with one attached hydrogen (secondary N) is 1. The van der Waals surface area contributed by atoms with Crippen LogP contribution in [0.1, 0.15) is 48.2 Å². The number of halogens is 3. The molecule has 0 atom stereocenters. The van der Waals surface area contributed by atoms with Crippen LogP contribution in [0.5, 0.6) is 5.75 Å². The number of rotatable bonds is 5. The molecule has 3 aromatic rings. The maximum atomic E-state index is 13.5. The van der Waals surface area contributed by atoms with Crippen LogP contribution in [0.15, 0.2) is 30.5 Å². The van der Waals surface area contributed by atoms with Crippen LogP contribution >= 0.6 is 11.5 Å². The number of amides is 2. The summed E-state index contributed by atoms with van der Waals surface area (Å²) < 4.78 is 45.5. The van der Waals surface area contributed by atoms with Crippen LogP contribution in [0.3, 0.4) is 0 Å². The molecule has 2 aliphatic heterocycles. The van der Waals surface area contributed by atoms with Gasteiger partial charge in [-0.3, -0.25) is 9.59 Å². The second-order valence-electron chi connectivity index (χ2n) is 9.64. The van der Waals surface area contributed by atoms with Crippen molar-refractivity contribution in [1.82, 2.24) is 14.3 Å². The van der Waals surface area contributed by atoms with Crippen LogP contribution in [0.2, 0.25) is 0 Å². The molecular formula is C26H28F3N5O3S. The van der Waals surface area contributed by atoms with Crippen molar-refractivity contribution in [1.29, 1.82) is 0 Å². The highest BCUT2D eigenvalue weighted by molar-refractivity contribution is 7.13. The fourth-order valence-electron chi connectivity index (χ4n) is 5.14. The van der Waals surface area contributed by atoms with Crippen LogP contribution < -0.4 is 15.0 Å². The summed E-state index contributed by atoms with van der Waals surface area (Å²) in [6, 6.07) is 5.09. The quantitative estimate of drug-likeness (QED) is 0.462. The van der Waals surface area contributed by atoms with Gasteiger partial charge in [-0.2, -0.15) is 4.37 Å². The van der Waals surface area contributed by atoms with Crippen molar-refractivity contribution < 1.29 is 27.5 Å². The van der Waals surface area contributed by atoms with Crippen LogP contribution in [0.4, 0.5) is 24.5 Å². The van der Waals surface area contributed by atoms with Gasteiger partial charge in [0.15, 0.2) is 0 Å². The molecule has 2 amide bonds. The summed E-state index contributed by atoms with van der Waals surface area (Å²) in [6.45, 7) is 4.55. The smallest absolute Gasteiger partial charge is 0.406 e. The zero-order valence-corrected chi connectivity index (χ0v) is 21.7. The Bertz CT molecular complexity index is 1310. The number of anilines is 2. The van der Waals surface area contributed by atoms with E-state index >= 15 is 0 Å². The van der Waals surface area contributed by atoms with Crippen LogP contribution in [-0.4, -0.2) is 58.6 Å². The highest BCUT2D eigenvalue weighted by atomic mass is 32.1. The molecule has 0 bridgehead atoms. The zero-order chi connectivity index (χ0) is 26.9. The molecule has 2 aromatic heterocycles. The third-order valence-corrected chi connectivity index (χ3v) is 7.91. The van der Waals surface area contributed by atoms with Crippen molar-refractivity contribution in [3.63, 3.8) is 0 Å². The summed E-state index contributed by atoms with van der Waals surface area (Å²) >= 11 is 1.31. The largest absolute Gasteiger partial charge is 0.573 e. The van der Waals surface area contributed by atoms with Crippen molar-refractivity contribution in [3.8, 4) is 5.75 Å². The van der Waals surface area contributed by atoms with Gasteiger partial charge < -0.3 is 19.9 Å². The topological polar surface area (TPSA) is 87.7 Å². The van der Waals surface area contributed by atoms with Gasteiger partial charge in [-0.1, -0.05) is 0 Å². The molecule has 2 aliphatic rings. The molecular weight excluding hydrogens is 519 g/mol. The first kappa shape index (κ1) is 26.2. The number of ether oxygens (including phenoxy) is 1. The monoisotopic (exact) mass is 547 g/mol. The molecule has 0 unspecified atom stereocenters. The molecule has 0 saturated carbocycles. The Morgan fingerprint density at radius 1 is 1.05 bits per heavy atom. The highest BCUT2D eigenvalue weighted by Crippen LogP contribution is 2.37. The maximum absolute atomic E-state index is 13.5. The maximum Gasteiger partial charge on any atom is 0.573 e. The van der Waals surface area contributed by atoms with Crippen LogP contribution in [0.25, 0.3) is 10.2 Å². The van der Waals surface area contributed by atoms with E-state index in [0.717, 1.165) is 53.9 Å². The molecule has 0 spiro atoms. The molecule has 1 aromatic carbocycles. The van der Waals surface area contributed by atoms with Crippen molar-refractivity contribution in [2.45, 2.75) is 45.4 Å². The number of likely N-dealkylation sites (tertiary alicyclic amines) is 1. The van der Waals surface area contributed by atoms with E-state index in [1.54, 1.807) is 6.20 Å². The Morgan fingerprint density at radius 3 is 2.39 bits per heavy atom. The van der Waals surface area contributed by atoms with Gasteiger partial charge in [0.1, 0.15) is 10.6 Å². The number of aryl methyl sites for hydroxylation is 1. The molecule has 2 saturated heterocycles. The molecule has 202 valence electrons. The number of aromatic nitrogens is 2. The van der Waals surface area contributed by atoms with Gasteiger partial charge in [-0.25, -0.2) is 4.98 Å². The van der Waals surface area contributed by atoms with Gasteiger partial charge in [0.25, 0.3) is 5.91 Å². The van der Waals surface area contributed by atoms with Crippen LogP contribution in [-0.2, 0) is 4.79 Å². The summed E-state index contributed by atoms with van der Waals surface area (Å²) in [5, 5.41) is 3.68. The number of carbonyl (C=O) groups is 2. The molecule has 38 heavy (non-hydrogen) atoms. The molecule has 12 heteroatoms. The lowest BCUT2D eigenvalue weighted by Crippen LogP contribution is -2.40. The van der Waals surface area contributed by atoms with E-state index in [4.69, 9.17) is 0 Å². The minimum Gasteiger partial charge on any atom is -0.406 e. The Balaban J connectivity index is 1.29. The first-order valence-electron chi connectivity index (χ1n) is 12.7. The third kappa shape index (κ3) is 5.69. The predicted octanol–water partition coefficient (Wildman–Crippen LogP) is 5.38. The number of pyridine rings is 1. The van der Waals surface area contributed by atoms with Crippen molar-refractivity contribution >= 4 is 44.9 Å². The molecule has 8 nitrogen and oxygen atoms in total. The standard InChI is InChI=1S/C26H28F3N5O3S/c1-16-21-22(20(15-30-24(21)38-32-16)25(36)34-11-3-2-4-12-34)33-13-9-17(10-14-33)23(35)31-18-5-7-19(8-6-18)37-26(27,28)29/h5-8,15,17H,2-4,9-14H2,1H3,(H,31,35). The number of fused-ring (bicyclic) bond motifs is 1. The number of hydrogen-bond donors (Lipinski definition) is 1. The number of nitrogens with zero attached hydrogens (tertiary/aromatic N) is 4. The molecule has 5 rings (SSSR count). The predicted molar refractivity (Wildman–Crippen MR) is 139 cm³/mol. The summed E-state index contributed by atoms with van der Waals surface area (Å²) in [6.07, 6.45) is 1.15. The van der Waals surface area contributed by atoms with Gasteiger partial charge in [-0.05, 0) is 74.8 Å². The van der Waals surface area contributed by atoms with Gasteiger partial charge in [-0.15, -0.1) is 13.2 Å². The Morgan fingerprint density at radius 2 is 1.74 bits per heavy atom. The summed E-state index contributed by atoms with van der Waals surface area (Å²) in [5.41, 5.74) is 2.65. The lowest BCUT2D eigenvalue weighted by molar-refractivity contribution is -0.274. The highest BCUT2D eigenvalue weighted by Gasteiger charge is 2.32. The Labute approximate surface area is 221 Å². The lowest BCUT2D eigenvalue weighted by atomic mass is 9.94. The molecule has 0 aliphatic carbocycles. The van der Waals surface area contributed by atoms with Crippen molar-refractivity contribution in [3.05, 3.63) is 41.7 Å². The average molecular weight is 548 g/mol. The first-order chi connectivity index (χ1) is 18.2. The van der Waals surface area contributed by atoms with E-state index in [1.165, 1.54) is 35.8 Å². The fraction of sp³-hybridized carbons (Fsp3) is 0.462. The third-order valence-electron chi connectivity index (χ3n) is 7.06. The summed E-state index contributed by atoms with van der Waals surface area (Å²) in [4.78, 5) is 35.8. The van der Waals surface area contributed by atoms with E-state index in [2.05, 4.69) is 24.3 Å². The van der Waals surface area contributed by atoms with Crippen molar-refractivity contribution in [2.24, 2.45) is 5.92 Å². The number of alkyl halides is 3. The summed E-state index contributed by atoms with van der Waals surface area (Å²) in [5.74, 6) is -0.817. The SMILES string of the molecule is Cc1nsc2ncc(C(=O)N3CCCCC3)c(N3CCC(C(=O)Nc4ccc(OC(F)(F)F)cc4)CC3)c12. The Hall–Kier alpha value is -3.41. The molecule has 2 fully saturated rings. The number of piperidine rings is 2. The minimum absolute atomic E-state index is 0.0162. The van der Waals surface area contributed by atoms with E-state index in [9.17, 15) is 22.8 Å². The fourth-order valence-corrected chi connectivity index (χ4v) is 5.89. The second kappa shape index (κ2) is 10.8.